The van der Waals surface area contributed by atoms with Crippen molar-refractivity contribution in [3.63, 3.8) is 0 Å². The van der Waals surface area contributed by atoms with Crippen molar-refractivity contribution in [2.24, 2.45) is 0 Å². The first-order valence-corrected chi connectivity index (χ1v) is 9.17. The zero-order chi connectivity index (χ0) is 16.2. The molecule has 2 aromatic rings. The second-order valence-electron chi connectivity index (χ2n) is 5.31. The van der Waals surface area contributed by atoms with Gasteiger partial charge in [0.25, 0.3) is 0 Å². The minimum Gasteiger partial charge on any atom is -0.374 e. The smallest absolute Gasteiger partial charge is 0.235 e. The van der Waals surface area contributed by atoms with Gasteiger partial charge in [0.1, 0.15) is 0 Å². The van der Waals surface area contributed by atoms with Crippen LogP contribution in [0.4, 0.5) is 10.8 Å². The lowest BCUT2D eigenvalue weighted by Crippen LogP contribution is -2.50. The second kappa shape index (κ2) is 7.18. The van der Waals surface area contributed by atoms with E-state index in [1.807, 2.05) is 30.0 Å². The van der Waals surface area contributed by atoms with Crippen LogP contribution in [-0.4, -0.2) is 52.4 Å². The summed E-state index contributed by atoms with van der Waals surface area (Å²) in [5.74, 6) is 0.150. The number of piperazine rings is 1. The minimum absolute atomic E-state index is 0.150. The zero-order valence-corrected chi connectivity index (χ0v) is 14.5. The molecule has 2 N–H and O–H groups in total. The number of anilines is 2. The van der Waals surface area contributed by atoms with E-state index in [9.17, 15) is 4.79 Å². The van der Waals surface area contributed by atoms with Gasteiger partial charge < -0.3 is 15.5 Å². The quantitative estimate of drug-likeness (QED) is 0.851. The van der Waals surface area contributed by atoms with Crippen LogP contribution in [0.5, 0.6) is 0 Å². The first kappa shape index (κ1) is 16.1. The molecule has 6 nitrogen and oxygen atoms in total. The molecule has 0 aliphatic carbocycles. The molecule has 1 amide bonds. The Bertz CT molecular complexity index is 655. The number of nitrogen functional groups attached to an aromatic ring is 1. The van der Waals surface area contributed by atoms with Crippen molar-refractivity contribution in [2.75, 3.05) is 36.8 Å². The van der Waals surface area contributed by atoms with E-state index >= 15 is 0 Å². The molecule has 1 aliphatic rings. The molecule has 2 heterocycles. The fourth-order valence-corrected chi connectivity index (χ4v) is 4.41. The van der Waals surface area contributed by atoms with Crippen molar-refractivity contribution >= 4 is 39.8 Å². The number of thioether (sulfide) groups is 1. The molecule has 8 heteroatoms. The molecular weight excluding hydrogens is 330 g/mol. The lowest BCUT2D eigenvalue weighted by Gasteiger charge is -2.37. The third-order valence-corrected chi connectivity index (χ3v) is 5.68. The van der Waals surface area contributed by atoms with E-state index in [2.05, 4.69) is 27.2 Å². The topological polar surface area (TPSA) is 75.3 Å². The Hall–Kier alpha value is -1.80. The minimum atomic E-state index is -0.175. The molecule has 1 fully saturated rings. The van der Waals surface area contributed by atoms with Crippen LogP contribution in [0.25, 0.3) is 0 Å². The van der Waals surface area contributed by atoms with Gasteiger partial charge in [-0.2, -0.15) is 0 Å². The third kappa shape index (κ3) is 3.94. The lowest BCUT2D eigenvalue weighted by molar-refractivity contribution is -0.130. The standard InChI is InChI=1S/C15H19N5OS2/c1-11(22-15-18-17-14(16)23-15)13(21)20-9-7-19(8-10-20)12-5-3-2-4-6-12/h2-6,11H,7-10H2,1H3,(H2,16,17)/t11-/m1/s1. The van der Waals surface area contributed by atoms with Crippen LogP contribution in [0.2, 0.25) is 0 Å². The van der Waals surface area contributed by atoms with Gasteiger partial charge in [-0.1, -0.05) is 41.3 Å². The second-order valence-corrected chi connectivity index (χ2v) is 7.91. The number of nitrogens with zero attached hydrogens (tertiary/aromatic N) is 4. The largest absolute Gasteiger partial charge is 0.374 e. The van der Waals surface area contributed by atoms with E-state index in [1.54, 1.807) is 0 Å². The maximum Gasteiger partial charge on any atom is 0.235 e. The molecule has 0 saturated carbocycles. The average molecular weight is 349 g/mol. The number of hydrogen-bond acceptors (Lipinski definition) is 7. The van der Waals surface area contributed by atoms with E-state index in [4.69, 9.17) is 5.73 Å². The number of aromatic nitrogens is 2. The monoisotopic (exact) mass is 349 g/mol. The fourth-order valence-electron chi connectivity index (χ4n) is 2.55. The Morgan fingerprint density at radius 1 is 1.22 bits per heavy atom. The van der Waals surface area contributed by atoms with Gasteiger partial charge in [-0.3, -0.25) is 4.79 Å². The average Bonchev–Trinajstić information content (AvgIpc) is 3.00. The summed E-state index contributed by atoms with van der Waals surface area (Å²) in [7, 11) is 0. The molecule has 1 aromatic carbocycles. The number of carbonyl (C=O) groups is 1. The van der Waals surface area contributed by atoms with E-state index in [0.717, 1.165) is 30.5 Å². The molecule has 0 unspecified atom stereocenters. The Balaban J connectivity index is 1.53. The molecule has 1 atom stereocenters. The van der Waals surface area contributed by atoms with Gasteiger partial charge in [0.05, 0.1) is 5.25 Å². The van der Waals surface area contributed by atoms with Crippen LogP contribution in [0.15, 0.2) is 34.7 Å². The van der Waals surface area contributed by atoms with Crippen LogP contribution in [-0.2, 0) is 4.79 Å². The Morgan fingerprint density at radius 3 is 2.52 bits per heavy atom. The van der Waals surface area contributed by atoms with Crippen LogP contribution in [0, 0.1) is 0 Å². The number of nitrogens with two attached hydrogens (primary N) is 1. The maximum absolute atomic E-state index is 12.6. The van der Waals surface area contributed by atoms with Crippen LogP contribution < -0.4 is 10.6 Å². The molecule has 0 radical (unpaired) electrons. The SMILES string of the molecule is C[C@@H](Sc1nnc(N)s1)C(=O)N1CCN(c2ccccc2)CC1. The van der Waals surface area contributed by atoms with Gasteiger partial charge in [-0.15, -0.1) is 10.2 Å². The van der Waals surface area contributed by atoms with Crippen LogP contribution in [0.1, 0.15) is 6.92 Å². The fraction of sp³-hybridized carbons (Fsp3) is 0.400. The first-order chi connectivity index (χ1) is 11.1. The van der Waals surface area contributed by atoms with Crippen molar-refractivity contribution in [1.82, 2.24) is 15.1 Å². The molecule has 23 heavy (non-hydrogen) atoms. The number of hydrogen-bond donors (Lipinski definition) is 1. The highest BCUT2D eigenvalue weighted by Gasteiger charge is 2.26. The summed E-state index contributed by atoms with van der Waals surface area (Å²) < 4.78 is 0.742. The summed E-state index contributed by atoms with van der Waals surface area (Å²) in [6, 6.07) is 10.3. The van der Waals surface area contributed by atoms with Gasteiger partial charge >= 0.3 is 0 Å². The van der Waals surface area contributed by atoms with Gasteiger partial charge in [0.15, 0.2) is 4.34 Å². The number of amides is 1. The molecule has 1 aromatic heterocycles. The first-order valence-electron chi connectivity index (χ1n) is 7.48. The predicted molar refractivity (Wildman–Crippen MR) is 94.9 cm³/mol. The summed E-state index contributed by atoms with van der Waals surface area (Å²) >= 11 is 2.74. The van der Waals surface area contributed by atoms with Crippen molar-refractivity contribution in [3.8, 4) is 0 Å². The molecular formula is C15H19N5OS2. The van der Waals surface area contributed by atoms with Crippen molar-refractivity contribution < 1.29 is 4.79 Å². The zero-order valence-electron chi connectivity index (χ0n) is 12.9. The third-order valence-electron chi connectivity index (χ3n) is 3.76. The number of rotatable bonds is 4. The molecule has 0 spiro atoms. The summed E-state index contributed by atoms with van der Waals surface area (Å²) in [4.78, 5) is 16.8. The van der Waals surface area contributed by atoms with Gasteiger partial charge in [0.2, 0.25) is 11.0 Å². The van der Waals surface area contributed by atoms with Gasteiger partial charge in [-0.05, 0) is 19.1 Å². The molecule has 0 bridgehead atoms. The lowest BCUT2D eigenvalue weighted by atomic mass is 10.2. The summed E-state index contributed by atoms with van der Waals surface area (Å²) in [5, 5.41) is 8.00. The van der Waals surface area contributed by atoms with Crippen molar-refractivity contribution in [1.29, 1.82) is 0 Å². The maximum atomic E-state index is 12.6. The number of carbonyl (C=O) groups excluding carboxylic acids is 1. The number of para-hydroxylation sites is 1. The van der Waals surface area contributed by atoms with Crippen molar-refractivity contribution in [2.45, 2.75) is 16.5 Å². The van der Waals surface area contributed by atoms with Crippen molar-refractivity contribution in [3.05, 3.63) is 30.3 Å². The molecule has 1 aliphatic heterocycles. The Morgan fingerprint density at radius 2 is 1.91 bits per heavy atom. The highest BCUT2D eigenvalue weighted by molar-refractivity contribution is 8.02. The highest BCUT2D eigenvalue weighted by Crippen LogP contribution is 2.28. The van der Waals surface area contributed by atoms with Gasteiger partial charge in [0, 0.05) is 31.9 Å². The van der Waals surface area contributed by atoms with Crippen LogP contribution >= 0.6 is 23.1 Å². The molecule has 122 valence electrons. The van der Waals surface area contributed by atoms with E-state index < -0.39 is 0 Å². The van der Waals surface area contributed by atoms with E-state index in [1.165, 1.54) is 28.8 Å². The summed E-state index contributed by atoms with van der Waals surface area (Å²) in [5.41, 5.74) is 6.79. The highest BCUT2D eigenvalue weighted by atomic mass is 32.2. The van der Waals surface area contributed by atoms with E-state index in [-0.39, 0.29) is 11.2 Å². The van der Waals surface area contributed by atoms with E-state index in [0.29, 0.717) is 5.13 Å². The Kier molecular flexibility index (Phi) is 5.02. The molecule has 1 saturated heterocycles. The molecule has 3 rings (SSSR count). The van der Waals surface area contributed by atoms with Crippen LogP contribution in [0.3, 0.4) is 0 Å². The Labute approximate surface area is 143 Å². The normalized spacial score (nSPS) is 16.4. The van der Waals surface area contributed by atoms with Gasteiger partial charge in [-0.25, -0.2) is 0 Å². The summed E-state index contributed by atoms with van der Waals surface area (Å²) in [6.45, 7) is 5.12. The number of benzene rings is 1. The predicted octanol–water partition coefficient (Wildman–Crippen LogP) is 1.95. The summed E-state index contributed by atoms with van der Waals surface area (Å²) in [6.07, 6.45) is 0.